The van der Waals surface area contributed by atoms with Crippen LogP contribution in [-0.2, 0) is 14.4 Å². The Bertz CT molecular complexity index is 565. The molecule has 0 saturated carbocycles. The molecule has 0 spiro atoms. The number of halogens is 1. The molecule has 1 rings (SSSR count). The van der Waals surface area contributed by atoms with Crippen molar-refractivity contribution in [2.75, 3.05) is 38.5 Å². The van der Waals surface area contributed by atoms with Gasteiger partial charge in [-0.2, -0.15) is 0 Å². The standard InChI is InChI=1S/C15H21BrN4O3/c1-3-17-13(21)8-18-14(22)9-20(2)10-15(23)19-12-7-5-4-6-11(12)16/h4-7H,3,8-10H2,1-2H3,(H,17,21)(H,18,22)(H,19,23)/p+1. The van der Waals surface area contributed by atoms with Gasteiger partial charge in [-0.1, -0.05) is 12.1 Å². The fourth-order valence-electron chi connectivity index (χ4n) is 1.87. The van der Waals surface area contributed by atoms with E-state index in [0.717, 1.165) is 9.37 Å². The fraction of sp³-hybridized carbons (Fsp3) is 0.400. The molecule has 1 aromatic rings. The van der Waals surface area contributed by atoms with Gasteiger partial charge in [0.2, 0.25) is 5.91 Å². The minimum absolute atomic E-state index is 0.0525. The van der Waals surface area contributed by atoms with Gasteiger partial charge in [0.25, 0.3) is 11.8 Å². The van der Waals surface area contributed by atoms with Crippen LogP contribution in [0, 0.1) is 0 Å². The quantitative estimate of drug-likeness (QED) is 0.469. The molecule has 4 N–H and O–H groups in total. The summed E-state index contributed by atoms with van der Waals surface area (Å²) in [6.45, 7) is 2.54. The van der Waals surface area contributed by atoms with Gasteiger partial charge in [-0.15, -0.1) is 0 Å². The van der Waals surface area contributed by atoms with Crippen LogP contribution in [0.15, 0.2) is 28.7 Å². The second-order valence-corrected chi connectivity index (χ2v) is 5.92. The smallest absolute Gasteiger partial charge is 0.279 e. The van der Waals surface area contributed by atoms with Crippen LogP contribution in [0.3, 0.4) is 0 Å². The summed E-state index contributed by atoms with van der Waals surface area (Å²) in [5.41, 5.74) is 0.686. The second-order valence-electron chi connectivity index (χ2n) is 5.07. The van der Waals surface area contributed by atoms with Crippen molar-refractivity contribution in [3.05, 3.63) is 28.7 Å². The van der Waals surface area contributed by atoms with Crippen molar-refractivity contribution in [2.45, 2.75) is 6.92 Å². The number of carbonyl (C=O) groups is 3. The highest BCUT2D eigenvalue weighted by Crippen LogP contribution is 2.20. The molecule has 0 heterocycles. The van der Waals surface area contributed by atoms with Gasteiger partial charge in [0.1, 0.15) is 0 Å². The first-order valence-electron chi connectivity index (χ1n) is 7.31. The number of benzene rings is 1. The average molecular weight is 386 g/mol. The summed E-state index contributed by atoms with van der Waals surface area (Å²) in [6, 6.07) is 7.30. The van der Waals surface area contributed by atoms with E-state index in [-0.39, 0.29) is 37.4 Å². The lowest BCUT2D eigenvalue weighted by atomic mass is 10.3. The van der Waals surface area contributed by atoms with Gasteiger partial charge in [-0.3, -0.25) is 14.4 Å². The lowest BCUT2D eigenvalue weighted by molar-refractivity contribution is -0.862. The molecular weight excluding hydrogens is 364 g/mol. The van der Waals surface area contributed by atoms with Gasteiger partial charge >= 0.3 is 0 Å². The van der Waals surface area contributed by atoms with Crippen molar-refractivity contribution in [1.29, 1.82) is 0 Å². The SMILES string of the molecule is CCNC(=O)CNC(=O)C[NH+](C)CC(=O)Nc1ccccc1Br. The Morgan fingerprint density at radius 2 is 1.70 bits per heavy atom. The molecule has 0 aliphatic rings. The fourth-order valence-corrected chi connectivity index (χ4v) is 2.25. The van der Waals surface area contributed by atoms with E-state index in [1.165, 1.54) is 0 Å². The van der Waals surface area contributed by atoms with E-state index in [9.17, 15) is 14.4 Å². The summed E-state index contributed by atoms with van der Waals surface area (Å²) in [4.78, 5) is 35.6. The molecular formula is C15H22BrN4O3+. The van der Waals surface area contributed by atoms with Crippen LogP contribution in [0.25, 0.3) is 0 Å². The van der Waals surface area contributed by atoms with Crippen molar-refractivity contribution in [3.8, 4) is 0 Å². The van der Waals surface area contributed by atoms with E-state index >= 15 is 0 Å². The largest absolute Gasteiger partial charge is 0.355 e. The summed E-state index contributed by atoms with van der Waals surface area (Å²) in [5, 5.41) is 7.89. The number of hydrogen-bond acceptors (Lipinski definition) is 3. The highest BCUT2D eigenvalue weighted by Gasteiger charge is 2.15. The second kappa shape index (κ2) is 9.96. The molecule has 3 amide bonds. The van der Waals surface area contributed by atoms with Crippen LogP contribution < -0.4 is 20.9 Å². The number of nitrogens with one attached hydrogen (secondary N) is 4. The number of anilines is 1. The number of rotatable bonds is 8. The van der Waals surface area contributed by atoms with E-state index in [2.05, 4.69) is 31.9 Å². The monoisotopic (exact) mass is 385 g/mol. The number of likely N-dealkylation sites (N-methyl/N-ethyl adjacent to an activating group) is 2. The molecule has 0 aromatic heterocycles. The summed E-state index contributed by atoms with van der Waals surface area (Å²) in [5.74, 6) is -0.696. The Hall–Kier alpha value is -1.93. The number of amides is 3. The Kier molecular flexibility index (Phi) is 8.28. The molecule has 0 saturated heterocycles. The van der Waals surface area contributed by atoms with Gasteiger partial charge in [-0.05, 0) is 35.0 Å². The van der Waals surface area contributed by atoms with E-state index in [1.807, 2.05) is 18.2 Å². The Morgan fingerprint density at radius 1 is 1.04 bits per heavy atom. The topological polar surface area (TPSA) is 91.7 Å². The predicted molar refractivity (Wildman–Crippen MR) is 91.1 cm³/mol. The molecule has 23 heavy (non-hydrogen) atoms. The van der Waals surface area contributed by atoms with Crippen molar-refractivity contribution in [3.63, 3.8) is 0 Å². The third-order valence-electron chi connectivity index (χ3n) is 2.89. The van der Waals surface area contributed by atoms with Gasteiger partial charge in [0.05, 0.1) is 19.3 Å². The minimum Gasteiger partial charge on any atom is -0.355 e. The van der Waals surface area contributed by atoms with Gasteiger partial charge in [0, 0.05) is 11.0 Å². The lowest BCUT2D eigenvalue weighted by Crippen LogP contribution is -3.11. The first kappa shape index (κ1) is 19.1. The number of para-hydroxylation sites is 1. The van der Waals surface area contributed by atoms with Crippen molar-refractivity contribution >= 4 is 39.3 Å². The molecule has 126 valence electrons. The third-order valence-corrected chi connectivity index (χ3v) is 3.58. The maximum absolute atomic E-state index is 12.0. The van der Waals surface area contributed by atoms with Crippen molar-refractivity contribution in [2.24, 2.45) is 0 Å². The van der Waals surface area contributed by atoms with Gasteiger partial charge in [-0.25, -0.2) is 0 Å². The van der Waals surface area contributed by atoms with Crippen LogP contribution >= 0.6 is 15.9 Å². The Balaban J connectivity index is 2.34. The van der Waals surface area contributed by atoms with E-state index in [4.69, 9.17) is 0 Å². The zero-order valence-corrected chi connectivity index (χ0v) is 14.8. The molecule has 0 aliphatic carbocycles. The third kappa shape index (κ3) is 7.75. The van der Waals surface area contributed by atoms with Crippen LogP contribution in [0.2, 0.25) is 0 Å². The zero-order valence-electron chi connectivity index (χ0n) is 13.2. The summed E-state index contributed by atoms with van der Waals surface area (Å²) in [7, 11) is 1.74. The predicted octanol–water partition coefficient (Wildman–Crippen LogP) is -0.845. The zero-order chi connectivity index (χ0) is 17.2. The minimum atomic E-state index is -0.276. The summed E-state index contributed by atoms with van der Waals surface area (Å²) in [6.07, 6.45) is 0. The van der Waals surface area contributed by atoms with Crippen molar-refractivity contribution < 1.29 is 19.3 Å². The van der Waals surface area contributed by atoms with Crippen molar-refractivity contribution in [1.82, 2.24) is 10.6 Å². The molecule has 0 fully saturated rings. The molecule has 0 aliphatic heterocycles. The van der Waals surface area contributed by atoms with Crippen LogP contribution in [0.5, 0.6) is 0 Å². The van der Waals surface area contributed by atoms with E-state index < -0.39 is 0 Å². The first-order chi connectivity index (χ1) is 10.9. The van der Waals surface area contributed by atoms with Gasteiger partial charge in [0.15, 0.2) is 13.1 Å². The molecule has 0 bridgehead atoms. The van der Waals surface area contributed by atoms with E-state index in [0.29, 0.717) is 12.2 Å². The Labute approximate surface area is 143 Å². The molecule has 7 nitrogen and oxygen atoms in total. The highest BCUT2D eigenvalue weighted by atomic mass is 79.9. The average Bonchev–Trinajstić information content (AvgIpc) is 2.47. The van der Waals surface area contributed by atoms with Crippen LogP contribution in [0.4, 0.5) is 5.69 Å². The first-order valence-corrected chi connectivity index (χ1v) is 8.10. The Morgan fingerprint density at radius 3 is 2.35 bits per heavy atom. The summed E-state index contributed by atoms with van der Waals surface area (Å²) >= 11 is 3.35. The summed E-state index contributed by atoms with van der Waals surface area (Å²) < 4.78 is 0.797. The number of carbonyl (C=O) groups excluding carboxylic acids is 3. The van der Waals surface area contributed by atoms with Crippen LogP contribution in [0.1, 0.15) is 6.92 Å². The van der Waals surface area contributed by atoms with Gasteiger partial charge < -0.3 is 20.9 Å². The number of hydrogen-bond donors (Lipinski definition) is 4. The maximum atomic E-state index is 12.0. The van der Waals surface area contributed by atoms with E-state index in [1.54, 1.807) is 20.0 Å². The van der Waals surface area contributed by atoms with Crippen LogP contribution in [-0.4, -0.2) is 50.9 Å². The maximum Gasteiger partial charge on any atom is 0.279 e. The number of quaternary nitrogens is 1. The molecule has 8 heteroatoms. The molecule has 1 atom stereocenters. The molecule has 1 unspecified atom stereocenters. The lowest BCUT2D eigenvalue weighted by Gasteiger charge is -2.14. The molecule has 1 aromatic carbocycles. The highest BCUT2D eigenvalue weighted by molar-refractivity contribution is 9.10. The normalized spacial score (nSPS) is 11.4. The molecule has 0 radical (unpaired) electrons.